The Bertz CT molecular complexity index is 642. The van der Waals surface area contributed by atoms with Crippen molar-refractivity contribution in [1.29, 1.82) is 0 Å². The van der Waals surface area contributed by atoms with Crippen molar-refractivity contribution >= 4 is 44.1 Å². The van der Waals surface area contributed by atoms with Crippen molar-refractivity contribution < 1.29 is 14.3 Å². The molecule has 0 spiro atoms. The van der Waals surface area contributed by atoms with Crippen LogP contribution in [-0.4, -0.2) is 23.3 Å². The summed E-state index contributed by atoms with van der Waals surface area (Å²) in [5, 5.41) is 3.17. The van der Waals surface area contributed by atoms with Gasteiger partial charge < -0.3 is 4.74 Å². The van der Waals surface area contributed by atoms with Crippen molar-refractivity contribution in [1.82, 2.24) is 4.98 Å². The number of ether oxygens (including phenoxy) is 1. The largest absolute Gasteiger partial charge is 0.485 e. The summed E-state index contributed by atoms with van der Waals surface area (Å²) in [6.07, 6.45) is 1.61. The molecule has 0 unspecified atom stereocenters. The van der Waals surface area contributed by atoms with E-state index >= 15 is 0 Å². The molecule has 0 aliphatic rings. The average Bonchev–Trinajstić information content (AvgIpc) is 2.82. The lowest BCUT2D eigenvalue weighted by atomic mass is 10.2. The summed E-state index contributed by atoms with van der Waals surface area (Å²) in [5.74, 6) is -0.0640. The third-order valence-corrected chi connectivity index (χ3v) is 3.65. The SMILES string of the molecule is CC(=O)COc1ccccc1C(=O)Nc1ncc(Br)s1. The van der Waals surface area contributed by atoms with E-state index in [1.165, 1.54) is 18.3 Å². The van der Waals surface area contributed by atoms with Gasteiger partial charge in [-0.2, -0.15) is 0 Å². The van der Waals surface area contributed by atoms with Crippen molar-refractivity contribution in [3.63, 3.8) is 0 Å². The molecule has 0 bridgehead atoms. The number of nitrogens with one attached hydrogen (secondary N) is 1. The number of anilines is 1. The second kappa shape index (κ2) is 6.62. The molecule has 2 aromatic rings. The van der Waals surface area contributed by atoms with E-state index in [1.54, 1.807) is 30.5 Å². The molecule has 104 valence electrons. The van der Waals surface area contributed by atoms with E-state index in [2.05, 4.69) is 26.2 Å². The van der Waals surface area contributed by atoms with Gasteiger partial charge in [-0.25, -0.2) is 4.98 Å². The lowest BCUT2D eigenvalue weighted by Crippen LogP contribution is -2.15. The van der Waals surface area contributed by atoms with Crippen LogP contribution >= 0.6 is 27.3 Å². The normalized spacial score (nSPS) is 10.1. The van der Waals surface area contributed by atoms with E-state index in [0.717, 1.165) is 3.79 Å². The van der Waals surface area contributed by atoms with Gasteiger partial charge in [0.1, 0.15) is 12.4 Å². The Kier molecular flexibility index (Phi) is 4.86. The monoisotopic (exact) mass is 354 g/mol. The van der Waals surface area contributed by atoms with Crippen molar-refractivity contribution in [2.24, 2.45) is 0 Å². The van der Waals surface area contributed by atoms with Crippen LogP contribution < -0.4 is 10.1 Å². The number of carbonyl (C=O) groups excluding carboxylic acids is 2. The number of halogens is 1. The van der Waals surface area contributed by atoms with Gasteiger partial charge in [-0.1, -0.05) is 23.5 Å². The molecule has 1 N–H and O–H groups in total. The summed E-state index contributed by atoms with van der Waals surface area (Å²) < 4.78 is 6.15. The summed E-state index contributed by atoms with van der Waals surface area (Å²) in [5.41, 5.74) is 0.361. The molecule has 5 nitrogen and oxygen atoms in total. The molecule has 2 rings (SSSR count). The zero-order valence-corrected chi connectivity index (χ0v) is 13.0. The van der Waals surface area contributed by atoms with Crippen LogP contribution in [0.5, 0.6) is 5.75 Å². The molecule has 1 aromatic heterocycles. The van der Waals surface area contributed by atoms with Gasteiger partial charge in [-0.3, -0.25) is 14.9 Å². The highest BCUT2D eigenvalue weighted by atomic mass is 79.9. The molecule has 20 heavy (non-hydrogen) atoms. The van der Waals surface area contributed by atoms with Crippen molar-refractivity contribution in [2.45, 2.75) is 6.92 Å². The number of rotatable bonds is 5. The Morgan fingerprint density at radius 2 is 2.15 bits per heavy atom. The lowest BCUT2D eigenvalue weighted by molar-refractivity contribution is -0.118. The summed E-state index contributed by atoms with van der Waals surface area (Å²) in [6.45, 7) is 1.36. The summed E-state index contributed by atoms with van der Waals surface area (Å²) >= 11 is 4.59. The van der Waals surface area contributed by atoms with Crippen LogP contribution in [0.15, 0.2) is 34.2 Å². The van der Waals surface area contributed by atoms with E-state index in [0.29, 0.717) is 16.4 Å². The van der Waals surface area contributed by atoms with E-state index in [-0.39, 0.29) is 18.3 Å². The first-order valence-corrected chi connectivity index (χ1v) is 7.31. The fourth-order valence-electron chi connectivity index (χ4n) is 1.44. The summed E-state index contributed by atoms with van der Waals surface area (Å²) in [6, 6.07) is 6.75. The Morgan fingerprint density at radius 3 is 2.80 bits per heavy atom. The number of para-hydroxylation sites is 1. The number of benzene rings is 1. The maximum atomic E-state index is 12.2. The number of aromatic nitrogens is 1. The zero-order valence-electron chi connectivity index (χ0n) is 10.6. The third-order valence-electron chi connectivity index (χ3n) is 2.26. The highest BCUT2D eigenvalue weighted by molar-refractivity contribution is 9.11. The number of thiazole rings is 1. The highest BCUT2D eigenvalue weighted by Gasteiger charge is 2.14. The van der Waals surface area contributed by atoms with Crippen LogP contribution in [0.25, 0.3) is 0 Å². The first-order chi connectivity index (χ1) is 9.56. The standard InChI is InChI=1S/C13H11BrN2O3S/c1-8(17)7-19-10-5-3-2-4-9(10)12(18)16-13-15-6-11(14)20-13/h2-6H,7H2,1H3,(H,15,16,18). The molecule has 0 radical (unpaired) electrons. The molecule has 0 saturated carbocycles. The molecule has 0 aliphatic carbocycles. The number of hydrogen-bond donors (Lipinski definition) is 1. The zero-order chi connectivity index (χ0) is 14.5. The number of carbonyl (C=O) groups is 2. The molecule has 1 heterocycles. The van der Waals surface area contributed by atoms with Gasteiger partial charge in [0.05, 0.1) is 15.5 Å². The molecule has 0 fully saturated rings. The van der Waals surface area contributed by atoms with E-state index in [4.69, 9.17) is 4.74 Å². The Labute approximate surface area is 128 Å². The molecule has 0 aliphatic heterocycles. The van der Waals surface area contributed by atoms with Crippen LogP contribution in [0.1, 0.15) is 17.3 Å². The number of amides is 1. The molecule has 0 saturated heterocycles. The number of Topliss-reactive ketones (excluding diaryl/α,β-unsaturated/α-hetero) is 1. The number of hydrogen-bond acceptors (Lipinski definition) is 5. The first kappa shape index (κ1) is 14.7. The third kappa shape index (κ3) is 3.88. The number of nitrogens with zero attached hydrogens (tertiary/aromatic N) is 1. The molecule has 1 aromatic carbocycles. The van der Waals surface area contributed by atoms with Gasteiger partial charge in [-0.05, 0) is 35.0 Å². The van der Waals surface area contributed by atoms with Crippen molar-refractivity contribution in [2.75, 3.05) is 11.9 Å². The molecular weight excluding hydrogens is 344 g/mol. The average molecular weight is 355 g/mol. The van der Waals surface area contributed by atoms with Crippen LogP contribution in [0.4, 0.5) is 5.13 Å². The minimum absolute atomic E-state index is 0.0624. The predicted molar refractivity (Wildman–Crippen MR) is 80.4 cm³/mol. The molecule has 0 atom stereocenters. The molecule has 1 amide bonds. The fraction of sp³-hybridized carbons (Fsp3) is 0.154. The van der Waals surface area contributed by atoms with Gasteiger partial charge in [0.15, 0.2) is 10.9 Å². The quantitative estimate of drug-likeness (QED) is 0.895. The van der Waals surface area contributed by atoms with Crippen molar-refractivity contribution in [3.05, 3.63) is 39.8 Å². The minimum atomic E-state index is -0.328. The lowest BCUT2D eigenvalue weighted by Gasteiger charge is -2.09. The smallest absolute Gasteiger partial charge is 0.261 e. The Hall–Kier alpha value is -1.73. The predicted octanol–water partition coefficient (Wildman–Crippen LogP) is 3.13. The van der Waals surface area contributed by atoms with Gasteiger partial charge in [0.25, 0.3) is 5.91 Å². The summed E-state index contributed by atoms with van der Waals surface area (Å²) in [4.78, 5) is 27.1. The van der Waals surface area contributed by atoms with Gasteiger partial charge in [0, 0.05) is 0 Å². The number of ketones is 1. The van der Waals surface area contributed by atoms with Gasteiger partial charge in [0.2, 0.25) is 0 Å². The summed E-state index contributed by atoms with van der Waals surface area (Å²) in [7, 11) is 0. The fourth-order valence-corrected chi connectivity index (χ4v) is 2.54. The van der Waals surface area contributed by atoms with Crippen molar-refractivity contribution in [3.8, 4) is 5.75 Å². The maximum Gasteiger partial charge on any atom is 0.261 e. The van der Waals surface area contributed by atoms with Crippen LogP contribution in [0.2, 0.25) is 0 Å². The van der Waals surface area contributed by atoms with Crippen LogP contribution in [0, 0.1) is 0 Å². The van der Waals surface area contributed by atoms with Crippen LogP contribution in [0.3, 0.4) is 0 Å². The topological polar surface area (TPSA) is 68.3 Å². The van der Waals surface area contributed by atoms with E-state index < -0.39 is 0 Å². The van der Waals surface area contributed by atoms with Gasteiger partial charge >= 0.3 is 0 Å². The Morgan fingerprint density at radius 1 is 1.40 bits per heavy atom. The van der Waals surface area contributed by atoms with E-state index in [9.17, 15) is 9.59 Å². The second-order valence-electron chi connectivity index (χ2n) is 3.91. The minimum Gasteiger partial charge on any atom is -0.485 e. The Balaban J connectivity index is 2.14. The first-order valence-electron chi connectivity index (χ1n) is 5.70. The maximum absolute atomic E-state index is 12.2. The second-order valence-corrected chi connectivity index (χ2v) is 6.32. The van der Waals surface area contributed by atoms with E-state index in [1.807, 2.05) is 0 Å². The van der Waals surface area contributed by atoms with Gasteiger partial charge in [-0.15, -0.1) is 0 Å². The molecule has 7 heteroatoms. The highest BCUT2D eigenvalue weighted by Crippen LogP contribution is 2.25. The molecular formula is C13H11BrN2O3S. The van der Waals surface area contributed by atoms with Crippen LogP contribution in [-0.2, 0) is 4.79 Å².